The van der Waals surface area contributed by atoms with Crippen molar-refractivity contribution in [2.75, 3.05) is 0 Å². The van der Waals surface area contributed by atoms with Crippen LogP contribution in [-0.2, 0) is 11.8 Å². The van der Waals surface area contributed by atoms with E-state index in [9.17, 15) is 4.79 Å². The van der Waals surface area contributed by atoms with Crippen molar-refractivity contribution in [2.24, 2.45) is 7.05 Å². The summed E-state index contributed by atoms with van der Waals surface area (Å²) in [6.07, 6.45) is 1.85. The Labute approximate surface area is 130 Å². The van der Waals surface area contributed by atoms with Crippen LogP contribution >= 0.6 is 11.8 Å². The first kappa shape index (κ1) is 15.6. The number of amides is 1. The molecule has 0 aliphatic rings. The van der Waals surface area contributed by atoms with Crippen molar-refractivity contribution in [1.29, 1.82) is 0 Å². The number of thioether (sulfide) groups is 1. The van der Waals surface area contributed by atoms with Crippen molar-refractivity contribution in [3.8, 4) is 11.3 Å². The van der Waals surface area contributed by atoms with Crippen molar-refractivity contribution in [3.63, 3.8) is 0 Å². The highest BCUT2D eigenvalue weighted by atomic mass is 32.2. The first-order valence-electron chi connectivity index (χ1n) is 7.03. The minimum absolute atomic E-state index is 0.0410. The van der Waals surface area contributed by atoms with Gasteiger partial charge in [-0.15, -0.1) is 0 Å². The minimum atomic E-state index is -0.169. The molecule has 112 valence electrons. The van der Waals surface area contributed by atoms with E-state index in [1.165, 1.54) is 11.8 Å². The van der Waals surface area contributed by atoms with Gasteiger partial charge in [-0.05, 0) is 26.3 Å². The molecule has 1 N–H and O–H groups in total. The lowest BCUT2D eigenvalue weighted by molar-refractivity contribution is -0.120. The van der Waals surface area contributed by atoms with Crippen molar-refractivity contribution < 1.29 is 4.79 Å². The second-order valence-corrected chi connectivity index (χ2v) is 6.58. The highest BCUT2D eigenvalue weighted by Crippen LogP contribution is 2.27. The Bertz CT molecular complexity index is 607. The first-order valence-corrected chi connectivity index (χ1v) is 7.91. The van der Waals surface area contributed by atoms with Crippen LogP contribution in [0.2, 0.25) is 0 Å². The number of imidazole rings is 1. The van der Waals surface area contributed by atoms with E-state index in [1.54, 1.807) is 0 Å². The van der Waals surface area contributed by atoms with Gasteiger partial charge in [0.1, 0.15) is 0 Å². The van der Waals surface area contributed by atoms with Crippen LogP contribution in [-0.4, -0.2) is 26.8 Å². The zero-order valence-corrected chi connectivity index (χ0v) is 13.6. The summed E-state index contributed by atoms with van der Waals surface area (Å²) in [4.78, 5) is 16.4. The SMILES string of the molecule is CC(C)NC(=O)[C@H](C)Sc1ncc(-c2ccccc2)n1C. The van der Waals surface area contributed by atoms with E-state index in [4.69, 9.17) is 0 Å². The molecule has 1 heterocycles. The van der Waals surface area contributed by atoms with Crippen molar-refractivity contribution in [1.82, 2.24) is 14.9 Å². The number of benzene rings is 1. The monoisotopic (exact) mass is 303 g/mol. The molecule has 1 amide bonds. The van der Waals surface area contributed by atoms with Crippen LogP contribution in [0.25, 0.3) is 11.3 Å². The summed E-state index contributed by atoms with van der Waals surface area (Å²) in [6, 6.07) is 10.3. The largest absolute Gasteiger partial charge is 0.353 e. The summed E-state index contributed by atoms with van der Waals surface area (Å²) in [7, 11) is 1.98. The summed E-state index contributed by atoms with van der Waals surface area (Å²) in [5.74, 6) is 0.0410. The van der Waals surface area contributed by atoms with E-state index in [2.05, 4.69) is 22.4 Å². The maximum Gasteiger partial charge on any atom is 0.233 e. The second kappa shape index (κ2) is 6.80. The van der Waals surface area contributed by atoms with Gasteiger partial charge in [0.25, 0.3) is 0 Å². The zero-order chi connectivity index (χ0) is 15.4. The molecule has 0 aliphatic carbocycles. The second-order valence-electron chi connectivity index (χ2n) is 5.27. The molecule has 0 spiro atoms. The van der Waals surface area contributed by atoms with Gasteiger partial charge in [-0.25, -0.2) is 4.98 Å². The van der Waals surface area contributed by atoms with Crippen molar-refractivity contribution >= 4 is 17.7 Å². The Morgan fingerprint density at radius 2 is 1.90 bits per heavy atom. The lowest BCUT2D eigenvalue weighted by atomic mass is 10.2. The Morgan fingerprint density at radius 1 is 1.24 bits per heavy atom. The molecule has 5 heteroatoms. The molecule has 0 radical (unpaired) electrons. The normalized spacial score (nSPS) is 12.4. The Morgan fingerprint density at radius 3 is 2.52 bits per heavy atom. The summed E-state index contributed by atoms with van der Waals surface area (Å²) in [5, 5.41) is 3.60. The molecule has 0 fully saturated rings. The molecule has 1 aromatic carbocycles. The molecule has 0 saturated heterocycles. The predicted molar refractivity (Wildman–Crippen MR) is 87.2 cm³/mol. The maximum absolute atomic E-state index is 12.0. The molecule has 0 unspecified atom stereocenters. The van der Waals surface area contributed by atoms with Gasteiger partial charge in [-0.1, -0.05) is 42.1 Å². The number of nitrogens with zero attached hydrogens (tertiary/aromatic N) is 2. The molecular weight excluding hydrogens is 282 g/mol. The smallest absolute Gasteiger partial charge is 0.233 e. The van der Waals surface area contributed by atoms with Crippen LogP contribution in [0.5, 0.6) is 0 Å². The molecule has 1 atom stereocenters. The van der Waals surface area contributed by atoms with Crippen molar-refractivity contribution in [2.45, 2.75) is 37.2 Å². The van der Waals surface area contributed by atoms with Crippen molar-refractivity contribution in [3.05, 3.63) is 36.5 Å². The molecule has 0 aliphatic heterocycles. The number of carbonyl (C=O) groups is 1. The van der Waals surface area contributed by atoms with Gasteiger partial charge < -0.3 is 9.88 Å². The fourth-order valence-corrected chi connectivity index (χ4v) is 2.85. The number of hydrogen-bond donors (Lipinski definition) is 1. The summed E-state index contributed by atoms with van der Waals surface area (Å²) in [6.45, 7) is 5.83. The van der Waals surface area contributed by atoms with Gasteiger partial charge in [-0.2, -0.15) is 0 Å². The summed E-state index contributed by atoms with van der Waals surface area (Å²) < 4.78 is 2.03. The molecular formula is C16H21N3OS. The molecule has 0 saturated carbocycles. The van der Waals surface area contributed by atoms with E-state index in [0.717, 1.165) is 16.4 Å². The number of carbonyl (C=O) groups excluding carboxylic acids is 1. The minimum Gasteiger partial charge on any atom is -0.353 e. The quantitative estimate of drug-likeness (QED) is 0.863. The molecule has 1 aromatic heterocycles. The van der Waals surface area contributed by atoms with Crippen LogP contribution in [0.15, 0.2) is 41.7 Å². The van der Waals surface area contributed by atoms with Gasteiger partial charge in [0.2, 0.25) is 5.91 Å². The average Bonchev–Trinajstić information content (AvgIpc) is 2.80. The van der Waals surface area contributed by atoms with Crippen LogP contribution in [0.4, 0.5) is 0 Å². The number of aromatic nitrogens is 2. The zero-order valence-electron chi connectivity index (χ0n) is 12.8. The predicted octanol–water partition coefficient (Wildman–Crippen LogP) is 3.09. The van der Waals surface area contributed by atoms with E-state index >= 15 is 0 Å². The Kier molecular flexibility index (Phi) is 5.07. The maximum atomic E-state index is 12.0. The number of hydrogen-bond acceptors (Lipinski definition) is 3. The van der Waals surface area contributed by atoms with E-state index in [-0.39, 0.29) is 17.2 Å². The van der Waals surface area contributed by atoms with E-state index in [1.807, 2.05) is 56.8 Å². The molecule has 21 heavy (non-hydrogen) atoms. The third kappa shape index (κ3) is 3.88. The third-order valence-electron chi connectivity index (χ3n) is 3.10. The van der Waals surface area contributed by atoms with Gasteiger partial charge in [0.15, 0.2) is 5.16 Å². The fraction of sp³-hybridized carbons (Fsp3) is 0.375. The standard InChI is InChI=1S/C16H21N3OS/c1-11(2)18-15(20)12(3)21-16-17-10-14(19(16)4)13-8-6-5-7-9-13/h5-12H,1-4H3,(H,18,20)/t12-/m0/s1. The first-order chi connectivity index (χ1) is 9.99. The summed E-state index contributed by atoms with van der Waals surface area (Å²) in [5.41, 5.74) is 2.17. The lowest BCUT2D eigenvalue weighted by Crippen LogP contribution is -2.36. The number of rotatable bonds is 5. The molecule has 0 bridgehead atoms. The Hall–Kier alpha value is -1.75. The lowest BCUT2D eigenvalue weighted by Gasteiger charge is -2.14. The molecule has 4 nitrogen and oxygen atoms in total. The number of nitrogens with one attached hydrogen (secondary N) is 1. The topological polar surface area (TPSA) is 46.9 Å². The van der Waals surface area contributed by atoms with Crippen LogP contribution < -0.4 is 5.32 Å². The highest BCUT2D eigenvalue weighted by molar-refractivity contribution is 8.00. The van der Waals surface area contributed by atoms with Gasteiger partial charge in [-0.3, -0.25) is 4.79 Å². The van der Waals surface area contributed by atoms with Crippen LogP contribution in [0, 0.1) is 0 Å². The summed E-state index contributed by atoms with van der Waals surface area (Å²) >= 11 is 1.48. The Balaban J connectivity index is 2.12. The van der Waals surface area contributed by atoms with Gasteiger partial charge in [0.05, 0.1) is 17.1 Å². The third-order valence-corrected chi connectivity index (χ3v) is 4.26. The van der Waals surface area contributed by atoms with Gasteiger partial charge in [0, 0.05) is 13.1 Å². The fourth-order valence-electron chi connectivity index (χ4n) is 1.99. The molecule has 2 rings (SSSR count). The molecule has 2 aromatic rings. The van der Waals surface area contributed by atoms with E-state index < -0.39 is 0 Å². The van der Waals surface area contributed by atoms with E-state index in [0.29, 0.717) is 0 Å². The van der Waals surface area contributed by atoms with Crippen LogP contribution in [0.3, 0.4) is 0 Å². The average molecular weight is 303 g/mol. The van der Waals surface area contributed by atoms with Crippen LogP contribution in [0.1, 0.15) is 20.8 Å². The highest BCUT2D eigenvalue weighted by Gasteiger charge is 2.18. The van der Waals surface area contributed by atoms with Gasteiger partial charge >= 0.3 is 0 Å².